The predicted molar refractivity (Wildman–Crippen MR) is 76.9 cm³/mol. The second-order valence-corrected chi connectivity index (χ2v) is 5.50. The summed E-state index contributed by atoms with van der Waals surface area (Å²) in [6.45, 7) is 1.41. The van der Waals surface area contributed by atoms with Crippen molar-refractivity contribution in [1.29, 1.82) is 0 Å². The zero-order valence-electron chi connectivity index (χ0n) is 12.6. The first-order valence-corrected chi connectivity index (χ1v) is 7.10. The van der Waals surface area contributed by atoms with E-state index in [-0.39, 0.29) is 0 Å². The van der Waals surface area contributed by atoms with Gasteiger partial charge in [0.05, 0.1) is 19.6 Å². The van der Waals surface area contributed by atoms with Crippen LogP contribution in [0.25, 0.3) is 0 Å². The number of carboxylic acid groups (broad SMARTS) is 1. The minimum absolute atomic E-state index is 0.362. The lowest BCUT2D eigenvalue weighted by Crippen LogP contribution is -2.33. The molecule has 0 aromatic heterocycles. The molecule has 0 radical (unpaired) electrons. The largest absolute Gasteiger partial charge is 0.496 e. The van der Waals surface area contributed by atoms with Gasteiger partial charge >= 0.3 is 5.97 Å². The number of methoxy groups -OCH3 is 2. The van der Waals surface area contributed by atoms with Crippen molar-refractivity contribution in [2.45, 2.75) is 44.2 Å². The number of hydrogen-bond acceptors (Lipinski definition) is 3. The fourth-order valence-electron chi connectivity index (χ4n) is 3.19. The number of benzene rings is 1. The number of alkyl halides is 1. The van der Waals surface area contributed by atoms with Gasteiger partial charge in [-0.25, -0.2) is 4.39 Å². The first kappa shape index (κ1) is 15.6. The highest BCUT2D eigenvalue weighted by Crippen LogP contribution is 2.47. The SMILES string of the molecule is COc1cc(OC)c(C2(C(=O)O)CCCC2)cc1C(C)F. The van der Waals surface area contributed by atoms with Crippen LogP contribution in [0.1, 0.15) is 49.9 Å². The molecule has 21 heavy (non-hydrogen) atoms. The minimum atomic E-state index is -1.24. The zero-order valence-corrected chi connectivity index (χ0v) is 12.6. The van der Waals surface area contributed by atoms with Crippen LogP contribution in [0, 0.1) is 0 Å². The summed E-state index contributed by atoms with van der Waals surface area (Å²) in [5, 5.41) is 9.71. The van der Waals surface area contributed by atoms with Gasteiger partial charge in [0.1, 0.15) is 17.7 Å². The molecule has 5 heteroatoms. The average Bonchev–Trinajstić information content (AvgIpc) is 2.96. The quantitative estimate of drug-likeness (QED) is 0.901. The topological polar surface area (TPSA) is 55.8 Å². The Morgan fingerprint density at radius 2 is 1.81 bits per heavy atom. The van der Waals surface area contributed by atoms with Gasteiger partial charge in [0.25, 0.3) is 0 Å². The molecule has 1 N–H and O–H groups in total. The third-order valence-corrected chi connectivity index (χ3v) is 4.36. The van der Waals surface area contributed by atoms with Crippen LogP contribution in [-0.4, -0.2) is 25.3 Å². The molecule has 1 atom stereocenters. The Kier molecular flexibility index (Phi) is 4.40. The number of hydrogen-bond donors (Lipinski definition) is 1. The van der Waals surface area contributed by atoms with Crippen molar-refractivity contribution in [3.05, 3.63) is 23.3 Å². The highest BCUT2D eigenvalue weighted by Gasteiger charge is 2.45. The van der Waals surface area contributed by atoms with Gasteiger partial charge in [-0.15, -0.1) is 0 Å². The number of carboxylic acids is 1. The maximum absolute atomic E-state index is 13.8. The Morgan fingerprint density at radius 3 is 2.24 bits per heavy atom. The predicted octanol–water partition coefficient (Wildman–Crippen LogP) is 3.63. The molecule has 0 spiro atoms. The van der Waals surface area contributed by atoms with Crippen LogP contribution in [0.4, 0.5) is 4.39 Å². The average molecular weight is 296 g/mol. The first-order valence-electron chi connectivity index (χ1n) is 7.10. The highest BCUT2D eigenvalue weighted by molar-refractivity contribution is 5.83. The van der Waals surface area contributed by atoms with Crippen LogP contribution in [0.3, 0.4) is 0 Å². The van der Waals surface area contributed by atoms with Crippen molar-refractivity contribution >= 4 is 5.97 Å². The van der Waals surface area contributed by atoms with Crippen molar-refractivity contribution in [3.63, 3.8) is 0 Å². The Balaban J connectivity index is 2.66. The van der Waals surface area contributed by atoms with E-state index in [1.165, 1.54) is 21.1 Å². The van der Waals surface area contributed by atoms with Gasteiger partial charge in [-0.1, -0.05) is 12.8 Å². The lowest BCUT2D eigenvalue weighted by molar-refractivity contribution is -0.143. The fourth-order valence-corrected chi connectivity index (χ4v) is 3.19. The van der Waals surface area contributed by atoms with Crippen LogP contribution in [-0.2, 0) is 10.2 Å². The molecular formula is C16H21FO4. The second kappa shape index (κ2) is 5.92. The van der Waals surface area contributed by atoms with E-state index < -0.39 is 17.6 Å². The van der Waals surface area contributed by atoms with E-state index in [0.717, 1.165) is 12.8 Å². The lowest BCUT2D eigenvalue weighted by atomic mass is 9.77. The van der Waals surface area contributed by atoms with Gasteiger partial charge in [-0.05, 0) is 25.8 Å². The molecule has 2 rings (SSSR count). The number of rotatable bonds is 5. The third kappa shape index (κ3) is 2.57. The maximum atomic E-state index is 13.8. The molecule has 1 unspecified atom stereocenters. The summed E-state index contributed by atoms with van der Waals surface area (Å²) in [6, 6.07) is 3.19. The minimum Gasteiger partial charge on any atom is -0.496 e. The summed E-state index contributed by atoms with van der Waals surface area (Å²) in [5.41, 5.74) is -0.0718. The molecule has 1 fully saturated rings. The van der Waals surface area contributed by atoms with E-state index in [4.69, 9.17) is 9.47 Å². The fraction of sp³-hybridized carbons (Fsp3) is 0.562. The van der Waals surface area contributed by atoms with Crippen molar-refractivity contribution < 1.29 is 23.8 Å². The van der Waals surface area contributed by atoms with Gasteiger partial charge in [-0.3, -0.25) is 4.79 Å². The highest BCUT2D eigenvalue weighted by atomic mass is 19.1. The molecule has 1 aromatic carbocycles. The van der Waals surface area contributed by atoms with Crippen LogP contribution in [0.2, 0.25) is 0 Å². The normalized spacial score (nSPS) is 18.3. The molecule has 0 heterocycles. The van der Waals surface area contributed by atoms with E-state index in [2.05, 4.69) is 0 Å². The lowest BCUT2D eigenvalue weighted by Gasteiger charge is -2.28. The molecular weight excluding hydrogens is 275 g/mol. The summed E-state index contributed by atoms with van der Waals surface area (Å²) in [6.07, 6.45) is 1.55. The van der Waals surface area contributed by atoms with Gasteiger partial charge in [0.15, 0.2) is 0 Å². The molecule has 0 saturated heterocycles. The van der Waals surface area contributed by atoms with Crippen molar-refractivity contribution in [1.82, 2.24) is 0 Å². The van der Waals surface area contributed by atoms with E-state index in [0.29, 0.717) is 35.5 Å². The number of ether oxygens (including phenoxy) is 2. The van der Waals surface area contributed by atoms with Crippen LogP contribution in [0.5, 0.6) is 11.5 Å². The summed E-state index contributed by atoms with van der Waals surface area (Å²) >= 11 is 0. The van der Waals surface area contributed by atoms with Gasteiger partial charge in [0, 0.05) is 17.2 Å². The van der Waals surface area contributed by atoms with Crippen LogP contribution >= 0.6 is 0 Å². The number of halogens is 1. The Bertz CT molecular complexity index is 533. The van der Waals surface area contributed by atoms with E-state index in [1.807, 2.05) is 0 Å². The van der Waals surface area contributed by atoms with Gasteiger partial charge in [0.2, 0.25) is 0 Å². The standard InChI is InChI=1S/C16H21FO4/c1-10(17)11-8-12(14(21-3)9-13(11)20-2)16(15(18)19)6-4-5-7-16/h8-10H,4-7H2,1-3H3,(H,18,19). The van der Waals surface area contributed by atoms with Crippen LogP contribution < -0.4 is 9.47 Å². The first-order chi connectivity index (χ1) is 9.96. The van der Waals surface area contributed by atoms with Crippen molar-refractivity contribution in [3.8, 4) is 11.5 Å². The number of aliphatic carboxylic acids is 1. The summed E-state index contributed by atoms with van der Waals surface area (Å²) < 4.78 is 24.4. The third-order valence-electron chi connectivity index (χ3n) is 4.36. The monoisotopic (exact) mass is 296 g/mol. The molecule has 1 aliphatic carbocycles. The Morgan fingerprint density at radius 1 is 1.24 bits per heavy atom. The van der Waals surface area contributed by atoms with Crippen molar-refractivity contribution in [2.24, 2.45) is 0 Å². The van der Waals surface area contributed by atoms with Crippen LogP contribution in [0.15, 0.2) is 12.1 Å². The molecule has 0 bridgehead atoms. The second-order valence-electron chi connectivity index (χ2n) is 5.50. The molecule has 116 valence electrons. The number of carbonyl (C=O) groups is 1. The molecule has 1 saturated carbocycles. The summed E-state index contributed by atoms with van der Waals surface area (Å²) in [4.78, 5) is 11.8. The Labute approximate surface area is 123 Å². The smallest absolute Gasteiger partial charge is 0.314 e. The molecule has 0 amide bonds. The van der Waals surface area contributed by atoms with Gasteiger partial charge in [-0.2, -0.15) is 0 Å². The summed E-state index contributed by atoms with van der Waals surface area (Å²) in [5.74, 6) is -0.0504. The molecule has 1 aliphatic rings. The maximum Gasteiger partial charge on any atom is 0.314 e. The molecule has 4 nitrogen and oxygen atoms in total. The van der Waals surface area contributed by atoms with E-state index in [1.54, 1.807) is 12.1 Å². The zero-order chi connectivity index (χ0) is 15.6. The van der Waals surface area contributed by atoms with E-state index >= 15 is 0 Å². The van der Waals surface area contributed by atoms with E-state index in [9.17, 15) is 14.3 Å². The summed E-state index contributed by atoms with van der Waals surface area (Å²) in [7, 11) is 2.95. The Hall–Kier alpha value is -1.78. The van der Waals surface area contributed by atoms with Crippen molar-refractivity contribution in [2.75, 3.05) is 14.2 Å². The van der Waals surface area contributed by atoms with Gasteiger partial charge < -0.3 is 14.6 Å². The molecule has 0 aliphatic heterocycles. The molecule has 1 aromatic rings.